The van der Waals surface area contributed by atoms with Gasteiger partial charge in [-0.3, -0.25) is 0 Å². The topological polar surface area (TPSA) is 83.0 Å². The van der Waals surface area contributed by atoms with E-state index in [0.717, 1.165) is 17.7 Å². The van der Waals surface area contributed by atoms with Crippen LogP contribution in [0.3, 0.4) is 0 Å². The van der Waals surface area contributed by atoms with Gasteiger partial charge in [0.15, 0.2) is 5.96 Å². The molecule has 1 aromatic carbocycles. The van der Waals surface area contributed by atoms with Crippen LogP contribution in [0.5, 0.6) is 0 Å². The number of sulfonamides is 1. The van der Waals surface area contributed by atoms with Gasteiger partial charge in [-0.15, -0.1) is 0 Å². The molecule has 3 rings (SSSR count). The van der Waals surface area contributed by atoms with Gasteiger partial charge < -0.3 is 15.4 Å². The van der Waals surface area contributed by atoms with Gasteiger partial charge in [-0.05, 0) is 40.4 Å². The first kappa shape index (κ1) is 21.8. The maximum atomic E-state index is 12.8. The smallest absolute Gasteiger partial charge is 0.218 e. The summed E-state index contributed by atoms with van der Waals surface area (Å²) in [5, 5.41) is 10.7. The summed E-state index contributed by atoms with van der Waals surface area (Å²) in [6, 6.07) is 9.70. The Morgan fingerprint density at radius 3 is 2.62 bits per heavy atom. The standard InChI is InChI=1S/C20H28N4O3S2/c1-2-21-20(22-13-17-7-12-28-15-17)23-14-18-5-3-4-6-19(18)16-29(25,26)24-8-10-27-11-9-24/h3-7,12,15H,2,8-11,13-14,16H2,1H3,(H2,21,22,23). The van der Waals surface area contributed by atoms with E-state index < -0.39 is 10.0 Å². The third-order valence-electron chi connectivity index (χ3n) is 4.61. The number of rotatable bonds is 8. The minimum Gasteiger partial charge on any atom is -0.379 e. The highest BCUT2D eigenvalue weighted by Crippen LogP contribution is 2.16. The van der Waals surface area contributed by atoms with Crippen molar-refractivity contribution in [2.45, 2.75) is 25.8 Å². The van der Waals surface area contributed by atoms with E-state index in [2.05, 4.69) is 27.1 Å². The number of nitrogens with one attached hydrogen (secondary N) is 2. The fraction of sp³-hybridized carbons (Fsp3) is 0.450. The maximum absolute atomic E-state index is 12.8. The average molecular weight is 437 g/mol. The first-order valence-electron chi connectivity index (χ1n) is 9.74. The molecule has 1 aliphatic heterocycles. The molecule has 2 N–H and O–H groups in total. The number of morpholine rings is 1. The highest BCUT2D eigenvalue weighted by molar-refractivity contribution is 7.88. The molecule has 7 nitrogen and oxygen atoms in total. The zero-order valence-corrected chi connectivity index (χ0v) is 18.3. The number of hydrogen-bond acceptors (Lipinski definition) is 5. The van der Waals surface area contributed by atoms with Crippen LogP contribution in [-0.2, 0) is 33.6 Å². The Labute approximate surface area is 176 Å². The first-order valence-corrected chi connectivity index (χ1v) is 12.3. The molecule has 0 atom stereocenters. The van der Waals surface area contributed by atoms with Gasteiger partial charge in [-0.1, -0.05) is 24.3 Å². The largest absolute Gasteiger partial charge is 0.379 e. The molecule has 1 aliphatic rings. The molecule has 1 fully saturated rings. The van der Waals surface area contributed by atoms with Gasteiger partial charge in [0.25, 0.3) is 0 Å². The van der Waals surface area contributed by atoms with Gasteiger partial charge in [-0.2, -0.15) is 15.6 Å². The van der Waals surface area contributed by atoms with Crippen LogP contribution >= 0.6 is 11.3 Å². The molecular weight excluding hydrogens is 408 g/mol. The van der Waals surface area contributed by atoms with E-state index in [1.54, 1.807) is 11.3 Å². The van der Waals surface area contributed by atoms with Gasteiger partial charge in [0.2, 0.25) is 10.0 Å². The fourth-order valence-corrected chi connectivity index (χ4v) is 5.28. The lowest BCUT2D eigenvalue weighted by Gasteiger charge is -2.26. The average Bonchev–Trinajstić information content (AvgIpc) is 3.25. The van der Waals surface area contributed by atoms with Crippen LogP contribution < -0.4 is 10.6 Å². The molecule has 2 heterocycles. The summed E-state index contributed by atoms with van der Waals surface area (Å²) in [5.41, 5.74) is 2.93. The van der Waals surface area contributed by atoms with Crippen molar-refractivity contribution in [3.63, 3.8) is 0 Å². The second-order valence-electron chi connectivity index (χ2n) is 6.72. The Balaban J connectivity index is 1.66. The number of hydrogen-bond donors (Lipinski definition) is 2. The van der Waals surface area contributed by atoms with Crippen LogP contribution in [-0.4, -0.2) is 51.5 Å². The van der Waals surface area contributed by atoms with Crippen molar-refractivity contribution in [2.75, 3.05) is 32.8 Å². The van der Waals surface area contributed by atoms with Crippen molar-refractivity contribution in [3.8, 4) is 0 Å². The quantitative estimate of drug-likeness (QED) is 0.490. The molecule has 0 amide bonds. The zero-order chi connectivity index (χ0) is 20.5. The predicted octanol–water partition coefficient (Wildman–Crippen LogP) is 2.17. The molecule has 29 heavy (non-hydrogen) atoms. The zero-order valence-electron chi connectivity index (χ0n) is 16.6. The molecule has 2 aromatic rings. The molecule has 0 radical (unpaired) electrons. The van der Waals surface area contributed by atoms with Crippen LogP contribution in [0, 0.1) is 0 Å². The third-order valence-corrected chi connectivity index (χ3v) is 7.17. The summed E-state index contributed by atoms with van der Waals surface area (Å²) in [5.74, 6) is 0.706. The Bertz CT molecular complexity index is 892. The molecule has 1 saturated heterocycles. The second-order valence-corrected chi connectivity index (χ2v) is 9.47. The minimum atomic E-state index is -3.37. The van der Waals surface area contributed by atoms with Crippen LogP contribution in [0.1, 0.15) is 23.6 Å². The van der Waals surface area contributed by atoms with Crippen molar-refractivity contribution in [2.24, 2.45) is 4.99 Å². The molecule has 0 bridgehead atoms. The van der Waals surface area contributed by atoms with Crippen molar-refractivity contribution in [3.05, 3.63) is 57.8 Å². The Kier molecular flexibility index (Phi) is 8.05. The molecule has 9 heteroatoms. The Morgan fingerprint density at radius 1 is 1.17 bits per heavy atom. The summed E-state index contributed by atoms with van der Waals surface area (Å²) < 4.78 is 32.4. The van der Waals surface area contributed by atoms with Crippen molar-refractivity contribution in [1.82, 2.24) is 14.9 Å². The van der Waals surface area contributed by atoms with Gasteiger partial charge in [0.05, 0.1) is 25.5 Å². The van der Waals surface area contributed by atoms with E-state index in [4.69, 9.17) is 4.74 Å². The van der Waals surface area contributed by atoms with Crippen LogP contribution in [0.2, 0.25) is 0 Å². The number of aliphatic imine (C=N–C) groups is 1. The summed E-state index contributed by atoms with van der Waals surface area (Å²) in [6.45, 7) is 5.62. The number of benzene rings is 1. The van der Waals surface area contributed by atoms with E-state index in [-0.39, 0.29) is 5.75 Å². The van der Waals surface area contributed by atoms with E-state index in [0.29, 0.717) is 45.4 Å². The number of nitrogens with zero attached hydrogens (tertiary/aromatic N) is 2. The maximum Gasteiger partial charge on any atom is 0.218 e. The highest BCUT2D eigenvalue weighted by atomic mass is 32.2. The lowest BCUT2D eigenvalue weighted by atomic mass is 10.1. The molecule has 158 valence electrons. The van der Waals surface area contributed by atoms with Gasteiger partial charge in [0.1, 0.15) is 0 Å². The molecule has 0 saturated carbocycles. The van der Waals surface area contributed by atoms with E-state index in [1.165, 1.54) is 9.87 Å². The monoisotopic (exact) mass is 436 g/mol. The van der Waals surface area contributed by atoms with E-state index in [1.807, 2.05) is 36.6 Å². The van der Waals surface area contributed by atoms with Crippen molar-refractivity contribution in [1.29, 1.82) is 0 Å². The lowest BCUT2D eigenvalue weighted by molar-refractivity contribution is 0.0729. The van der Waals surface area contributed by atoms with Crippen molar-refractivity contribution >= 4 is 27.3 Å². The van der Waals surface area contributed by atoms with Gasteiger partial charge in [-0.25, -0.2) is 13.4 Å². The first-order chi connectivity index (χ1) is 14.1. The molecular formula is C20H28N4O3S2. The fourth-order valence-electron chi connectivity index (χ4n) is 3.06. The summed E-state index contributed by atoms with van der Waals surface area (Å²) in [6.07, 6.45) is 0. The molecule has 0 aliphatic carbocycles. The van der Waals surface area contributed by atoms with Crippen LogP contribution in [0.4, 0.5) is 0 Å². The Morgan fingerprint density at radius 2 is 1.93 bits per heavy atom. The molecule has 1 aromatic heterocycles. The van der Waals surface area contributed by atoms with E-state index >= 15 is 0 Å². The SMILES string of the molecule is CCNC(=NCc1ccsc1)NCc1ccccc1CS(=O)(=O)N1CCOCC1. The highest BCUT2D eigenvalue weighted by Gasteiger charge is 2.25. The summed E-state index contributed by atoms with van der Waals surface area (Å²) >= 11 is 1.65. The molecule has 0 unspecified atom stereocenters. The number of thiophene rings is 1. The second kappa shape index (κ2) is 10.7. The summed E-state index contributed by atoms with van der Waals surface area (Å²) in [4.78, 5) is 4.61. The number of guanidine groups is 1. The Hall–Kier alpha value is -1.94. The van der Waals surface area contributed by atoms with Gasteiger partial charge in [0, 0.05) is 26.2 Å². The van der Waals surface area contributed by atoms with Crippen molar-refractivity contribution < 1.29 is 13.2 Å². The lowest BCUT2D eigenvalue weighted by Crippen LogP contribution is -2.41. The molecule has 0 spiro atoms. The number of ether oxygens (including phenoxy) is 1. The van der Waals surface area contributed by atoms with Crippen LogP contribution in [0.15, 0.2) is 46.1 Å². The normalized spacial score (nSPS) is 16.0. The predicted molar refractivity (Wildman–Crippen MR) is 117 cm³/mol. The van der Waals surface area contributed by atoms with Gasteiger partial charge >= 0.3 is 0 Å². The minimum absolute atomic E-state index is 0.00651. The third kappa shape index (κ3) is 6.53. The van der Waals surface area contributed by atoms with Crippen LogP contribution in [0.25, 0.3) is 0 Å². The van der Waals surface area contributed by atoms with E-state index in [9.17, 15) is 8.42 Å². The summed E-state index contributed by atoms with van der Waals surface area (Å²) in [7, 11) is -3.37.